The topological polar surface area (TPSA) is 238 Å². The molecule has 2 aromatic rings. The van der Waals surface area contributed by atoms with Crippen LogP contribution in [-0.2, 0) is 36.8 Å². The smallest absolute Gasteiger partial charge is 0.326 e. The highest BCUT2D eigenvalue weighted by Gasteiger charge is 2.53. The van der Waals surface area contributed by atoms with Gasteiger partial charge in [0.15, 0.2) is 0 Å². The first-order valence-corrected chi connectivity index (χ1v) is 16.3. The Morgan fingerprint density at radius 1 is 0.959 bits per heavy atom. The van der Waals surface area contributed by atoms with Gasteiger partial charge in [-0.1, -0.05) is 56.3 Å². The van der Waals surface area contributed by atoms with Gasteiger partial charge in [-0.2, -0.15) is 0 Å². The summed E-state index contributed by atoms with van der Waals surface area (Å²) in [6, 6.07) is 10.5. The highest BCUT2D eigenvalue weighted by atomic mass is 16.7. The third-order valence-electron chi connectivity index (χ3n) is 8.96. The number of nitrogens with zero attached hydrogens (tertiary/aromatic N) is 1. The van der Waals surface area contributed by atoms with E-state index in [1.54, 1.807) is 56.3 Å². The molecule has 9 N–H and O–H groups in total. The van der Waals surface area contributed by atoms with Crippen molar-refractivity contribution in [2.45, 2.75) is 87.8 Å². The van der Waals surface area contributed by atoms with E-state index >= 15 is 0 Å². The molecule has 0 spiro atoms. The van der Waals surface area contributed by atoms with Crippen LogP contribution in [0.4, 0.5) is 0 Å². The number of aromatic hydroxyl groups is 1. The van der Waals surface area contributed by atoms with Crippen molar-refractivity contribution in [1.29, 1.82) is 0 Å². The van der Waals surface area contributed by atoms with Crippen LogP contribution in [0.1, 0.15) is 37.8 Å². The van der Waals surface area contributed by atoms with E-state index in [0.717, 1.165) is 5.56 Å². The van der Waals surface area contributed by atoms with Gasteiger partial charge < -0.3 is 56.2 Å². The average Bonchev–Trinajstić information content (AvgIpc) is 3.65. The van der Waals surface area contributed by atoms with E-state index in [-0.39, 0.29) is 31.6 Å². The van der Waals surface area contributed by atoms with E-state index in [1.807, 2.05) is 0 Å². The van der Waals surface area contributed by atoms with E-state index in [4.69, 9.17) is 4.74 Å². The number of rotatable bonds is 15. The number of hydrogen-bond donors (Lipinski definition) is 9. The number of carboxylic acid groups (broad SMARTS) is 1. The van der Waals surface area contributed by atoms with Crippen LogP contribution in [0.15, 0.2) is 54.6 Å². The van der Waals surface area contributed by atoms with Crippen molar-refractivity contribution in [2.24, 2.45) is 5.92 Å². The molecule has 2 aliphatic heterocycles. The Balaban J connectivity index is 1.54. The third-order valence-corrected chi connectivity index (χ3v) is 8.96. The van der Waals surface area contributed by atoms with E-state index < -0.39 is 91.0 Å². The van der Waals surface area contributed by atoms with Gasteiger partial charge in [-0.15, -0.1) is 0 Å². The van der Waals surface area contributed by atoms with E-state index in [1.165, 1.54) is 17.0 Å². The lowest BCUT2D eigenvalue weighted by Crippen LogP contribution is -2.59. The van der Waals surface area contributed by atoms with Crippen molar-refractivity contribution in [3.63, 3.8) is 0 Å². The zero-order chi connectivity index (χ0) is 35.9. The minimum Gasteiger partial charge on any atom is -0.508 e. The summed E-state index contributed by atoms with van der Waals surface area (Å²) in [5.41, 5.74) is 1.34. The number of aliphatic carboxylic acids is 1. The number of carbonyl (C=O) groups is 4. The largest absolute Gasteiger partial charge is 0.508 e. The van der Waals surface area contributed by atoms with E-state index in [0.29, 0.717) is 12.0 Å². The molecule has 4 rings (SSSR count). The number of benzene rings is 2. The van der Waals surface area contributed by atoms with Crippen LogP contribution in [0.25, 0.3) is 0 Å². The van der Waals surface area contributed by atoms with Crippen molar-refractivity contribution >= 4 is 23.7 Å². The molecule has 3 amide bonds. The molecule has 0 aromatic heterocycles. The van der Waals surface area contributed by atoms with Crippen LogP contribution < -0.4 is 16.0 Å². The highest BCUT2D eigenvalue weighted by Crippen LogP contribution is 2.29. The monoisotopic (exact) mass is 686 g/mol. The normalized spacial score (nSPS) is 25.5. The molecule has 0 unspecified atom stereocenters. The SMILES string of the molecule is CC(C)[C@H](NC(=O)[C@H](Cc1ccccc1)NC(=O)[C@@H]1CCCN1C(=O)[C@H](Cc1ccc(O)cc1)NC[C@@]1(O)O[C@H](CO)[C@@H](O)[C@@H]1O)C(=O)O. The summed E-state index contributed by atoms with van der Waals surface area (Å²) in [4.78, 5) is 54.5. The number of hydrogen-bond acceptors (Lipinski definition) is 11. The Hall–Kier alpha value is -4.12. The predicted molar refractivity (Wildman–Crippen MR) is 174 cm³/mol. The van der Waals surface area contributed by atoms with Crippen molar-refractivity contribution in [2.75, 3.05) is 19.7 Å². The second-order valence-electron chi connectivity index (χ2n) is 12.9. The summed E-state index contributed by atoms with van der Waals surface area (Å²) in [6.45, 7) is 2.31. The minimum absolute atomic E-state index is 0.00819. The van der Waals surface area contributed by atoms with Gasteiger partial charge in [0.1, 0.15) is 42.2 Å². The van der Waals surface area contributed by atoms with Crippen LogP contribution in [0.3, 0.4) is 0 Å². The Morgan fingerprint density at radius 3 is 2.18 bits per heavy atom. The van der Waals surface area contributed by atoms with Crippen molar-refractivity contribution in [3.8, 4) is 5.75 Å². The lowest BCUT2D eigenvalue weighted by atomic mass is 10.0. The third kappa shape index (κ3) is 9.32. The number of phenolic OH excluding ortho intramolecular Hbond substituents is 1. The zero-order valence-electron chi connectivity index (χ0n) is 27.4. The van der Waals surface area contributed by atoms with Crippen molar-refractivity contribution in [1.82, 2.24) is 20.9 Å². The molecule has 2 saturated heterocycles. The summed E-state index contributed by atoms with van der Waals surface area (Å²) >= 11 is 0. The maximum absolute atomic E-state index is 14.1. The minimum atomic E-state index is -2.34. The first kappa shape index (κ1) is 37.7. The molecule has 2 heterocycles. The molecular weight excluding hydrogens is 640 g/mol. The Labute approximate surface area is 283 Å². The standard InChI is InChI=1S/C34H46N4O11/c1-19(2)27(33(46)47)37-30(43)23(15-20-7-4-3-5-8-20)36-31(44)25-9-6-14-38(25)32(45)24(16-21-10-12-22(40)13-11-21)35-18-34(48)29(42)28(41)26(17-39)49-34/h3-5,7-8,10-13,19,23-29,35,39-42,48H,6,9,14-18H2,1-2H3,(H,36,44)(H,37,43)(H,46,47)/t23-,24-,25-,26+,27-,28+,29-,34+/m0/s1. The molecule has 8 atom stereocenters. The first-order chi connectivity index (χ1) is 23.2. The first-order valence-electron chi connectivity index (χ1n) is 16.3. The summed E-state index contributed by atoms with van der Waals surface area (Å²) < 4.78 is 5.32. The number of amides is 3. The molecule has 2 aromatic carbocycles. The molecule has 2 aliphatic rings. The fraction of sp³-hybridized carbons (Fsp3) is 0.529. The molecule has 15 heteroatoms. The molecule has 268 valence electrons. The molecule has 0 saturated carbocycles. The summed E-state index contributed by atoms with van der Waals surface area (Å²) in [6.07, 6.45) is -3.78. The Morgan fingerprint density at radius 2 is 1.59 bits per heavy atom. The van der Waals surface area contributed by atoms with Crippen molar-refractivity contribution in [3.05, 3.63) is 65.7 Å². The van der Waals surface area contributed by atoms with Crippen LogP contribution >= 0.6 is 0 Å². The predicted octanol–water partition coefficient (Wildman–Crippen LogP) is -1.36. The number of nitrogens with one attached hydrogen (secondary N) is 3. The highest BCUT2D eigenvalue weighted by molar-refractivity contribution is 5.94. The number of aliphatic hydroxyl groups is 4. The van der Waals surface area contributed by atoms with Gasteiger partial charge in [0.25, 0.3) is 0 Å². The summed E-state index contributed by atoms with van der Waals surface area (Å²) in [5.74, 6) is -5.80. The number of ether oxygens (including phenoxy) is 1. The molecular formula is C34H46N4O11. The van der Waals surface area contributed by atoms with E-state index in [2.05, 4.69) is 16.0 Å². The van der Waals surface area contributed by atoms with Gasteiger partial charge in [-0.3, -0.25) is 14.4 Å². The summed E-state index contributed by atoms with van der Waals surface area (Å²) in [7, 11) is 0. The Bertz CT molecular complexity index is 1440. The summed E-state index contributed by atoms with van der Waals surface area (Å²) in [5, 5.41) is 68.6. The second kappa shape index (κ2) is 16.5. The van der Waals surface area contributed by atoms with Crippen LogP contribution in [0.5, 0.6) is 5.75 Å². The van der Waals surface area contributed by atoms with Crippen LogP contribution in [0, 0.1) is 5.92 Å². The molecule has 0 bridgehead atoms. The molecule has 15 nitrogen and oxygen atoms in total. The van der Waals surface area contributed by atoms with Gasteiger partial charge in [0.2, 0.25) is 23.5 Å². The zero-order valence-corrected chi connectivity index (χ0v) is 27.4. The van der Waals surface area contributed by atoms with E-state index in [9.17, 15) is 49.8 Å². The Kier molecular flexibility index (Phi) is 12.7. The maximum atomic E-state index is 14.1. The number of aliphatic hydroxyl groups excluding tert-OH is 3. The fourth-order valence-corrected chi connectivity index (χ4v) is 6.14. The molecule has 0 radical (unpaired) electrons. The van der Waals surface area contributed by atoms with Gasteiger partial charge in [0, 0.05) is 13.0 Å². The van der Waals surface area contributed by atoms with Gasteiger partial charge in [-0.05, 0) is 48.4 Å². The van der Waals surface area contributed by atoms with Gasteiger partial charge in [0.05, 0.1) is 19.2 Å². The van der Waals surface area contributed by atoms with Crippen molar-refractivity contribution < 1.29 is 54.6 Å². The second-order valence-corrected chi connectivity index (χ2v) is 12.9. The van der Waals surface area contributed by atoms with Crippen LogP contribution in [-0.4, -0.2) is 127 Å². The molecule has 49 heavy (non-hydrogen) atoms. The van der Waals surface area contributed by atoms with Crippen LogP contribution in [0.2, 0.25) is 0 Å². The number of carboxylic acids is 1. The van der Waals surface area contributed by atoms with Gasteiger partial charge >= 0.3 is 5.97 Å². The average molecular weight is 687 g/mol. The van der Waals surface area contributed by atoms with Gasteiger partial charge in [-0.25, -0.2) is 4.79 Å². The lowest BCUT2D eigenvalue weighted by Gasteiger charge is -2.32. The quantitative estimate of drug-likeness (QED) is 0.106. The number of likely N-dealkylation sites (tertiary alicyclic amines) is 1. The number of carbonyl (C=O) groups excluding carboxylic acids is 3. The maximum Gasteiger partial charge on any atom is 0.326 e. The fourth-order valence-electron chi connectivity index (χ4n) is 6.14. The number of phenols is 1. The molecule has 2 fully saturated rings. The molecule has 0 aliphatic carbocycles. The lowest BCUT2D eigenvalue weighted by molar-refractivity contribution is -0.227.